The summed E-state index contributed by atoms with van der Waals surface area (Å²) in [7, 11) is -3.61. The van der Waals surface area contributed by atoms with E-state index in [9.17, 15) is 8.42 Å². The second kappa shape index (κ2) is 6.45. The molecule has 0 aliphatic heterocycles. The number of benzene rings is 2. The van der Waals surface area contributed by atoms with Gasteiger partial charge >= 0.3 is 0 Å². The molecule has 0 bridgehead atoms. The van der Waals surface area contributed by atoms with Crippen LogP contribution >= 0.6 is 0 Å². The number of anilines is 1. The van der Waals surface area contributed by atoms with Crippen molar-refractivity contribution in [1.82, 2.24) is 10.2 Å². The van der Waals surface area contributed by atoms with Crippen molar-refractivity contribution in [2.24, 2.45) is 0 Å². The molecule has 0 saturated carbocycles. The first-order valence-corrected chi connectivity index (χ1v) is 8.98. The highest BCUT2D eigenvalue weighted by Gasteiger charge is 2.14. The van der Waals surface area contributed by atoms with Crippen molar-refractivity contribution in [1.29, 1.82) is 0 Å². The van der Waals surface area contributed by atoms with Crippen molar-refractivity contribution in [3.05, 3.63) is 60.0 Å². The predicted molar refractivity (Wildman–Crippen MR) is 91.1 cm³/mol. The van der Waals surface area contributed by atoms with Crippen LogP contribution in [0.2, 0.25) is 0 Å². The average Bonchev–Trinajstić information content (AvgIpc) is 3.02. The molecule has 1 aromatic heterocycles. The molecule has 0 amide bonds. The molecule has 0 atom stereocenters. The van der Waals surface area contributed by atoms with Crippen LogP contribution in [0.1, 0.15) is 18.4 Å². The van der Waals surface area contributed by atoms with Crippen LogP contribution in [0.5, 0.6) is 0 Å². The van der Waals surface area contributed by atoms with Crippen molar-refractivity contribution >= 4 is 15.7 Å². The molecule has 2 aromatic carbocycles. The third kappa shape index (κ3) is 3.46. The summed E-state index contributed by atoms with van der Waals surface area (Å²) in [6.07, 6.45) is 0.865. The zero-order valence-electron chi connectivity index (χ0n) is 13.4. The average molecular weight is 343 g/mol. The summed E-state index contributed by atoms with van der Waals surface area (Å²) in [5, 5.41) is 7.70. The maximum Gasteiger partial charge on any atom is 0.261 e. The van der Waals surface area contributed by atoms with Gasteiger partial charge in [0.1, 0.15) is 0 Å². The molecular weight excluding hydrogens is 326 g/mol. The highest BCUT2D eigenvalue weighted by molar-refractivity contribution is 7.92. The minimum atomic E-state index is -3.61. The monoisotopic (exact) mass is 343 g/mol. The first-order valence-electron chi connectivity index (χ1n) is 7.50. The predicted octanol–water partition coefficient (Wildman–Crippen LogP) is 3.41. The summed E-state index contributed by atoms with van der Waals surface area (Å²) in [6, 6.07) is 13.6. The van der Waals surface area contributed by atoms with E-state index in [2.05, 4.69) is 14.9 Å². The van der Waals surface area contributed by atoms with Gasteiger partial charge in [0.15, 0.2) is 0 Å². The van der Waals surface area contributed by atoms with Gasteiger partial charge in [-0.25, -0.2) is 8.42 Å². The van der Waals surface area contributed by atoms with Crippen LogP contribution in [0, 0.1) is 6.92 Å². The third-order valence-electron chi connectivity index (χ3n) is 3.55. The Kier molecular flexibility index (Phi) is 4.35. The van der Waals surface area contributed by atoms with Crippen LogP contribution in [0.25, 0.3) is 11.5 Å². The van der Waals surface area contributed by atoms with Crippen LogP contribution in [0.15, 0.2) is 57.8 Å². The Morgan fingerprint density at radius 2 is 1.67 bits per heavy atom. The molecule has 1 heterocycles. The van der Waals surface area contributed by atoms with Crippen molar-refractivity contribution in [2.75, 3.05) is 4.72 Å². The van der Waals surface area contributed by atoms with Crippen LogP contribution < -0.4 is 4.72 Å². The third-order valence-corrected chi connectivity index (χ3v) is 4.95. The highest BCUT2D eigenvalue weighted by atomic mass is 32.2. The number of hydrogen-bond donors (Lipinski definition) is 1. The first-order chi connectivity index (χ1) is 11.5. The zero-order chi connectivity index (χ0) is 17.2. The SMILES string of the molecule is CCc1ccc(S(=O)(=O)Nc2ccc(-c3nnc(C)o3)cc2)cc1. The molecule has 0 fully saturated rings. The van der Waals surface area contributed by atoms with E-state index in [1.807, 2.05) is 19.1 Å². The number of hydrogen-bond acceptors (Lipinski definition) is 5. The van der Waals surface area contributed by atoms with E-state index in [-0.39, 0.29) is 4.90 Å². The fourth-order valence-electron chi connectivity index (χ4n) is 2.21. The number of rotatable bonds is 5. The van der Waals surface area contributed by atoms with Gasteiger partial charge in [0.05, 0.1) is 4.90 Å². The standard InChI is InChI=1S/C17H17N3O3S/c1-3-13-4-10-16(11-5-13)24(21,22)20-15-8-6-14(7-9-15)17-19-18-12(2)23-17/h4-11,20H,3H2,1-2H3. The fourth-order valence-corrected chi connectivity index (χ4v) is 3.27. The number of nitrogens with one attached hydrogen (secondary N) is 1. The maximum absolute atomic E-state index is 12.4. The Labute approximate surface area is 140 Å². The summed E-state index contributed by atoms with van der Waals surface area (Å²) < 4.78 is 32.7. The molecule has 0 aliphatic rings. The summed E-state index contributed by atoms with van der Waals surface area (Å²) in [5.41, 5.74) is 2.29. The van der Waals surface area contributed by atoms with Gasteiger partial charge in [0.25, 0.3) is 10.0 Å². The second-order valence-electron chi connectivity index (χ2n) is 5.31. The summed E-state index contributed by atoms with van der Waals surface area (Å²) in [6.45, 7) is 3.73. The van der Waals surface area contributed by atoms with Gasteiger partial charge in [-0.2, -0.15) is 0 Å². The molecule has 3 rings (SSSR count). The van der Waals surface area contributed by atoms with Gasteiger partial charge in [-0.05, 0) is 48.4 Å². The minimum absolute atomic E-state index is 0.233. The molecule has 0 radical (unpaired) electrons. The van der Waals surface area contributed by atoms with E-state index in [1.54, 1.807) is 43.3 Å². The van der Waals surface area contributed by atoms with Crippen LogP contribution in [0.3, 0.4) is 0 Å². The van der Waals surface area contributed by atoms with Gasteiger partial charge in [-0.15, -0.1) is 10.2 Å². The topological polar surface area (TPSA) is 85.1 Å². The lowest BCUT2D eigenvalue weighted by molar-refractivity contribution is 0.533. The number of aryl methyl sites for hydroxylation is 2. The normalized spacial score (nSPS) is 11.4. The van der Waals surface area contributed by atoms with Crippen LogP contribution in [-0.4, -0.2) is 18.6 Å². The zero-order valence-corrected chi connectivity index (χ0v) is 14.2. The van der Waals surface area contributed by atoms with Crippen molar-refractivity contribution in [3.8, 4) is 11.5 Å². The minimum Gasteiger partial charge on any atom is -0.421 e. The molecule has 0 saturated heterocycles. The van der Waals surface area contributed by atoms with Crippen LogP contribution in [0.4, 0.5) is 5.69 Å². The smallest absolute Gasteiger partial charge is 0.261 e. The number of nitrogens with zero attached hydrogens (tertiary/aromatic N) is 2. The van der Waals surface area contributed by atoms with E-state index in [0.717, 1.165) is 17.5 Å². The molecule has 3 aromatic rings. The Morgan fingerprint density at radius 1 is 1.00 bits per heavy atom. The van der Waals surface area contributed by atoms with E-state index >= 15 is 0 Å². The van der Waals surface area contributed by atoms with Gasteiger partial charge < -0.3 is 4.42 Å². The molecule has 6 nitrogen and oxygen atoms in total. The van der Waals surface area contributed by atoms with E-state index in [4.69, 9.17) is 4.42 Å². The molecule has 0 aliphatic carbocycles. The Morgan fingerprint density at radius 3 is 2.21 bits per heavy atom. The summed E-state index contributed by atoms with van der Waals surface area (Å²) in [5.74, 6) is 0.877. The molecule has 1 N–H and O–H groups in total. The van der Waals surface area contributed by atoms with Gasteiger partial charge in [0, 0.05) is 18.2 Å². The fraction of sp³-hybridized carbons (Fsp3) is 0.176. The Hall–Kier alpha value is -2.67. The van der Waals surface area contributed by atoms with Gasteiger partial charge in [0.2, 0.25) is 11.8 Å². The largest absolute Gasteiger partial charge is 0.421 e. The van der Waals surface area contributed by atoms with Crippen LogP contribution in [-0.2, 0) is 16.4 Å². The molecule has 24 heavy (non-hydrogen) atoms. The van der Waals surface area contributed by atoms with Crippen molar-refractivity contribution in [2.45, 2.75) is 25.2 Å². The number of sulfonamides is 1. The summed E-state index contributed by atoms with van der Waals surface area (Å²) in [4.78, 5) is 0.233. The van der Waals surface area contributed by atoms with E-state index in [1.165, 1.54) is 0 Å². The van der Waals surface area contributed by atoms with Gasteiger partial charge in [-0.3, -0.25) is 4.72 Å². The second-order valence-corrected chi connectivity index (χ2v) is 6.99. The van der Waals surface area contributed by atoms with E-state index < -0.39 is 10.0 Å². The number of aromatic nitrogens is 2. The lowest BCUT2D eigenvalue weighted by Crippen LogP contribution is -2.12. The Bertz CT molecular complexity index is 930. The summed E-state index contributed by atoms with van der Waals surface area (Å²) >= 11 is 0. The van der Waals surface area contributed by atoms with Crippen molar-refractivity contribution in [3.63, 3.8) is 0 Å². The van der Waals surface area contributed by atoms with E-state index in [0.29, 0.717) is 17.5 Å². The van der Waals surface area contributed by atoms with Gasteiger partial charge in [-0.1, -0.05) is 19.1 Å². The molecular formula is C17H17N3O3S. The molecule has 0 spiro atoms. The molecule has 124 valence electrons. The lowest BCUT2D eigenvalue weighted by Gasteiger charge is -2.09. The molecule has 0 unspecified atom stereocenters. The quantitative estimate of drug-likeness (QED) is 0.767. The van der Waals surface area contributed by atoms with Crippen molar-refractivity contribution < 1.29 is 12.8 Å². The maximum atomic E-state index is 12.4. The highest BCUT2D eigenvalue weighted by Crippen LogP contribution is 2.22. The molecule has 7 heteroatoms. The first kappa shape index (κ1) is 16.2. The lowest BCUT2D eigenvalue weighted by atomic mass is 10.2. The Balaban J connectivity index is 1.79.